The number of amides is 2. The first-order valence-electron chi connectivity index (χ1n) is 12.0. The Bertz CT molecular complexity index is 1020. The van der Waals surface area contributed by atoms with Crippen LogP contribution in [-0.4, -0.2) is 41.8 Å². The maximum Gasteiger partial charge on any atom is 0.407 e. The highest BCUT2D eigenvalue weighted by molar-refractivity contribution is 5.79. The van der Waals surface area contributed by atoms with Crippen LogP contribution in [0.1, 0.15) is 56.6 Å². The molecule has 0 aliphatic heterocycles. The summed E-state index contributed by atoms with van der Waals surface area (Å²) in [5, 5.41) is 14.9. The van der Waals surface area contributed by atoms with E-state index in [0.717, 1.165) is 30.4 Å². The summed E-state index contributed by atoms with van der Waals surface area (Å²) in [4.78, 5) is 36.2. The summed E-state index contributed by atoms with van der Waals surface area (Å²) in [6.45, 7) is 3.52. The Morgan fingerprint density at radius 3 is 2.24 bits per heavy atom. The van der Waals surface area contributed by atoms with Crippen LogP contribution in [0.3, 0.4) is 0 Å². The van der Waals surface area contributed by atoms with Crippen molar-refractivity contribution in [3.8, 4) is 11.1 Å². The SMILES string of the molecule is CC(NC(=O)C[C@@H]1CCC[C@H]1NC(=O)OCC1c2ccccc2-c2ccccc21)C(C)C(=O)O. The van der Waals surface area contributed by atoms with Crippen molar-refractivity contribution in [2.24, 2.45) is 11.8 Å². The van der Waals surface area contributed by atoms with E-state index < -0.39 is 24.0 Å². The number of rotatable bonds is 8. The van der Waals surface area contributed by atoms with Crippen LogP contribution < -0.4 is 10.6 Å². The van der Waals surface area contributed by atoms with Crippen LogP contribution in [0.5, 0.6) is 0 Å². The largest absolute Gasteiger partial charge is 0.481 e. The highest BCUT2D eigenvalue weighted by Gasteiger charge is 2.33. The van der Waals surface area contributed by atoms with Gasteiger partial charge in [0.2, 0.25) is 5.91 Å². The van der Waals surface area contributed by atoms with Gasteiger partial charge in [-0.2, -0.15) is 0 Å². The predicted molar refractivity (Wildman–Crippen MR) is 128 cm³/mol. The Hall–Kier alpha value is -3.35. The molecule has 0 heterocycles. The van der Waals surface area contributed by atoms with E-state index in [2.05, 4.69) is 34.9 Å². The average molecular weight is 465 g/mol. The Balaban J connectivity index is 1.31. The normalized spacial score (nSPS) is 20.6. The van der Waals surface area contributed by atoms with Gasteiger partial charge in [-0.15, -0.1) is 0 Å². The van der Waals surface area contributed by atoms with Gasteiger partial charge >= 0.3 is 12.1 Å². The molecule has 2 unspecified atom stereocenters. The number of aliphatic carboxylic acids is 1. The van der Waals surface area contributed by atoms with Crippen molar-refractivity contribution in [1.82, 2.24) is 10.6 Å². The summed E-state index contributed by atoms with van der Waals surface area (Å²) in [6.07, 6.45) is 2.35. The highest BCUT2D eigenvalue weighted by Crippen LogP contribution is 2.44. The predicted octanol–water partition coefficient (Wildman–Crippen LogP) is 4.31. The van der Waals surface area contributed by atoms with Crippen LogP contribution >= 0.6 is 0 Å². The van der Waals surface area contributed by atoms with Crippen LogP contribution in [-0.2, 0) is 14.3 Å². The molecular weight excluding hydrogens is 432 g/mol. The van der Waals surface area contributed by atoms with E-state index in [-0.39, 0.29) is 36.8 Å². The Kier molecular flexibility index (Phi) is 7.20. The zero-order chi connectivity index (χ0) is 24.2. The zero-order valence-electron chi connectivity index (χ0n) is 19.6. The molecule has 1 fully saturated rings. The van der Waals surface area contributed by atoms with E-state index >= 15 is 0 Å². The number of hydrogen-bond donors (Lipinski definition) is 3. The standard InChI is InChI=1S/C27H32N2O5/c1-16(26(31)32)17(2)28-25(30)14-18-8-7-13-24(18)29-27(33)34-15-23-21-11-5-3-9-19(21)20-10-4-6-12-22(20)23/h3-6,9-12,16-18,23-24H,7-8,13-15H2,1-2H3,(H,28,30)(H,29,33)(H,31,32)/t16?,17?,18-,24+/m0/s1. The fraction of sp³-hybridized carbons (Fsp3) is 0.444. The van der Waals surface area contributed by atoms with Gasteiger partial charge in [-0.1, -0.05) is 55.0 Å². The molecule has 0 aromatic heterocycles. The fourth-order valence-corrected chi connectivity index (χ4v) is 5.15. The maximum atomic E-state index is 12.7. The first-order chi connectivity index (χ1) is 16.3. The Morgan fingerprint density at radius 1 is 1.00 bits per heavy atom. The van der Waals surface area contributed by atoms with E-state index in [0.29, 0.717) is 0 Å². The summed E-state index contributed by atoms with van der Waals surface area (Å²) in [5.74, 6) is -1.79. The number of fused-ring (bicyclic) bond motifs is 3. The first kappa shape index (κ1) is 23.8. The molecule has 3 N–H and O–H groups in total. The summed E-state index contributed by atoms with van der Waals surface area (Å²) in [6, 6.07) is 15.8. The monoisotopic (exact) mass is 464 g/mol. The van der Waals surface area contributed by atoms with Crippen molar-refractivity contribution in [3.05, 3.63) is 59.7 Å². The van der Waals surface area contributed by atoms with Gasteiger partial charge in [0.15, 0.2) is 0 Å². The van der Waals surface area contributed by atoms with E-state index in [1.54, 1.807) is 13.8 Å². The lowest BCUT2D eigenvalue weighted by Gasteiger charge is -2.23. The molecule has 1 saturated carbocycles. The average Bonchev–Trinajstić information content (AvgIpc) is 3.38. The molecule has 0 spiro atoms. The fourth-order valence-electron chi connectivity index (χ4n) is 5.15. The van der Waals surface area contributed by atoms with Gasteiger partial charge in [0.05, 0.1) is 5.92 Å². The minimum Gasteiger partial charge on any atom is -0.481 e. The van der Waals surface area contributed by atoms with Crippen molar-refractivity contribution in [2.75, 3.05) is 6.61 Å². The molecule has 0 bridgehead atoms. The van der Waals surface area contributed by atoms with Crippen LogP contribution in [0.2, 0.25) is 0 Å². The molecule has 2 aromatic carbocycles. The van der Waals surface area contributed by atoms with Crippen molar-refractivity contribution < 1.29 is 24.2 Å². The van der Waals surface area contributed by atoms with Crippen LogP contribution in [0.15, 0.2) is 48.5 Å². The van der Waals surface area contributed by atoms with E-state index in [4.69, 9.17) is 9.84 Å². The Labute approximate surface area is 199 Å². The maximum absolute atomic E-state index is 12.7. The number of carbonyl (C=O) groups excluding carboxylic acids is 2. The second-order valence-corrected chi connectivity index (χ2v) is 9.45. The number of carboxylic acid groups (broad SMARTS) is 1. The first-order valence-corrected chi connectivity index (χ1v) is 12.0. The van der Waals surface area contributed by atoms with Crippen molar-refractivity contribution >= 4 is 18.0 Å². The molecular formula is C27H32N2O5. The number of benzene rings is 2. The third kappa shape index (κ3) is 5.08. The molecule has 180 valence electrons. The number of hydrogen-bond acceptors (Lipinski definition) is 4. The summed E-state index contributed by atoms with van der Waals surface area (Å²) in [5.41, 5.74) is 4.69. The van der Waals surface area contributed by atoms with Crippen LogP contribution in [0, 0.1) is 11.8 Å². The van der Waals surface area contributed by atoms with Gasteiger partial charge in [0, 0.05) is 24.4 Å². The van der Waals surface area contributed by atoms with Crippen molar-refractivity contribution in [1.29, 1.82) is 0 Å². The van der Waals surface area contributed by atoms with Gasteiger partial charge in [-0.05, 0) is 54.9 Å². The number of ether oxygens (including phenoxy) is 1. The van der Waals surface area contributed by atoms with Crippen molar-refractivity contribution in [2.45, 2.75) is 57.5 Å². The number of carbonyl (C=O) groups is 3. The van der Waals surface area contributed by atoms with Crippen LogP contribution in [0.4, 0.5) is 4.79 Å². The number of nitrogens with one attached hydrogen (secondary N) is 2. The third-order valence-corrected chi connectivity index (χ3v) is 7.28. The van der Waals surface area contributed by atoms with Crippen LogP contribution in [0.25, 0.3) is 11.1 Å². The smallest absolute Gasteiger partial charge is 0.407 e. The summed E-state index contributed by atoms with van der Waals surface area (Å²) < 4.78 is 5.66. The highest BCUT2D eigenvalue weighted by atomic mass is 16.5. The lowest BCUT2D eigenvalue weighted by atomic mass is 9.98. The molecule has 4 rings (SSSR count). The lowest BCUT2D eigenvalue weighted by molar-refractivity contribution is -0.142. The summed E-state index contributed by atoms with van der Waals surface area (Å²) in [7, 11) is 0. The molecule has 7 heteroatoms. The molecule has 2 aromatic rings. The molecule has 0 radical (unpaired) electrons. The lowest BCUT2D eigenvalue weighted by Crippen LogP contribution is -2.43. The molecule has 4 atom stereocenters. The second-order valence-electron chi connectivity index (χ2n) is 9.45. The van der Waals surface area contributed by atoms with E-state index in [1.165, 1.54) is 11.1 Å². The minimum absolute atomic E-state index is 0.000940. The number of carboxylic acids is 1. The van der Waals surface area contributed by atoms with Gasteiger partial charge < -0.3 is 20.5 Å². The molecule has 2 amide bonds. The third-order valence-electron chi connectivity index (χ3n) is 7.28. The van der Waals surface area contributed by atoms with Gasteiger partial charge in [-0.25, -0.2) is 4.79 Å². The quantitative estimate of drug-likeness (QED) is 0.540. The van der Waals surface area contributed by atoms with E-state index in [9.17, 15) is 14.4 Å². The second kappa shape index (κ2) is 10.3. The van der Waals surface area contributed by atoms with Gasteiger partial charge in [0.1, 0.15) is 6.61 Å². The molecule has 2 aliphatic rings. The van der Waals surface area contributed by atoms with Gasteiger partial charge in [0.25, 0.3) is 0 Å². The summed E-state index contributed by atoms with van der Waals surface area (Å²) >= 11 is 0. The van der Waals surface area contributed by atoms with Crippen molar-refractivity contribution in [3.63, 3.8) is 0 Å². The zero-order valence-corrected chi connectivity index (χ0v) is 19.6. The Morgan fingerprint density at radius 2 is 1.62 bits per heavy atom. The minimum atomic E-state index is -0.941. The number of alkyl carbamates (subject to hydrolysis) is 1. The molecule has 34 heavy (non-hydrogen) atoms. The molecule has 2 aliphatic carbocycles. The van der Waals surface area contributed by atoms with E-state index in [1.807, 2.05) is 24.3 Å². The topological polar surface area (TPSA) is 105 Å². The molecule has 0 saturated heterocycles. The molecule has 7 nitrogen and oxygen atoms in total. The van der Waals surface area contributed by atoms with Gasteiger partial charge in [-0.3, -0.25) is 9.59 Å².